The zero-order valence-electron chi connectivity index (χ0n) is 18.7. The molecule has 0 fully saturated rings. The van der Waals surface area contributed by atoms with E-state index in [1.54, 1.807) is 47.4 Å². The summed E-state index contributed by atoms with van der Waals surface area (Å²) in [6, 6.07) is 12.0. The van der Waals surface area contributed by atoms with E-state index in [2.05, 4.69) is 32.5 Å². The van der Waals surface area contributed by atoms with Crippen LogP contribution >= 0.6 is 11.6 Å². The number of hydrogen-bond acceptors (Lipinski definition) is 6. The first kappa shape index (κ1) is 24.7. The summed E-state index contributed by atoms with van der Waals surface area (Å²) in [5.41, 5.74) is 2.48. The van der Waals surface area contributed by atoms with Gasteiger partial charge in [0.1, 0.15) is 11.7 Å². The van der Waals surface area contributed by atoms with Gasteiger partial charge in [-0.05, 0) is 43.3 Å². The Morgan fingerprint density at radius 1 is 1.15 bits per heavy atom. The topological polar surface area (TPSA) is 99.2 Å². The molecule has 34 heavy (non-hydrogen) atoms. The largest absolute Gasteiger partial charge is 0.337 e. The summed E-state index contributed by atoms with van der Waals surface area (Å²) < 4.78 is 13.8. The quantitative estimate of drug-likeness (QED) is 0.344. The molecule has 2 amide bonds. The van der Waals surface area contributed by atoms with E-state index >= 15 is 0 Å². The van der Waals surface area contributed by atoms with Crippen molar-refractivity contribution < 1.29 is 14.0 Å². The lowest BCUT2D eigenvalue weighted by Gasteiger charge is -2.21. The molecule has 3 N–H and O–H groups in total. The second-order valence-electron chi connectivity index (χ2n) is 7.12. The molecule has 10 heteroatoms. The molecule has 0 atom stereocenters. The van der Waals surface area contributed by atoms with E-state index in [4.69, 9.17) is 11.6 Å². The molecule has 176 valence electrons. The van der Waals surface area contributed by atoms with E-state index in [1.807, 2.05) is 6.92 Å². The minimum Gasteiger partial charge on any atom is -0.337 e. The molecule has 0 saturated heterocycles. The van der Waals surface area contributed by atoms with E-state index in [9.17, 15) is 14.0 Å². The molecule has 2 aromatic carbocycles. The van der Waals surface area contributed by atoms with Crippen molar-refractivity contribution in [1.29, 1.82) is 0 Å². The molecule has 0 saturated carbocycles. The maximum absolute atomic E-state index is 13.8. The molecule has 0 aliphatic heterocycles. The van der Waals surface area contributed by atoms with E-state index in [0.717, 1.165) is 0 Å². The van der Waals surface area contributed by atoms with Crippen LogP contribution in [0.5, 0.6) is 0 Å². The number of alkyl halides is 1. The van der Waals surface area contributed by atoms with Crippen LogP contribution in [-0.4, -0.2) is 28.3 Å². The minimum atomic E-state index is -0.749. The van der Waals surface area contributed by atoms with Gasteiger partial charge in [-0.1, -0.05) is 30.3 Å². The van der Waals surface area contributed by atoms with Gasteiger partial charge in [0.15, 0.2) is 5.82 Å². The Labute approximate surface area is 201 Å². The number of halogens is 2. The van der Waals surface area contributed by atoms with Crippen molar-refractivity contribution in [1.82, 2.24) is 9.97 Å². The number of carbonyl (C=O) groups is 2. The standard InChI is InChI=1S/C24H24ClFN6O2/c1-4-22(34)28-20-8-6-7-9-21(20)29-23-18(25)14-27-24(31-23)30-19-11-10-17(12-16(19)13-26)32(5-2)15(3)33/h4,6-12,14H,1,5,13H2,2-3H3,(H,28,34)(H2,27,29,30,31). The summed E-state index contributed by atoms with van der Waals surface area (Å²) in [5, 5.41) is 9.03. The fourth-order valence-corrected chi connectivity index (χ4v) is 3.35. The van der Waals surface area contributed by atoms with Gasteiger partial charge in [-0.25, -0.2) is 9.37 Å². The minimum absolute atomic E-state index is 0.130. The molecule has 0 bridgehead atoms. The predicted molar refractivity (Wildman–Crippen MR) is 134 cm³/mol. The van der Waals surface area contributed by atoms with Crippen LogP contribution in [0, 0.1) is 0 Å². The Morgan fingerprint density at radius 2 is 1.88 bits per heavy atom. The number of rotatable bonds is 9. The Kier molecular flexibility index (Phi) is 8.15. The van der Waals surface area contributed by atoms with Gasteiger partial charge in [-0.3, -0.25) is 9.59 Å². The van der Waals surface area contributed by atoms with E-state index in [0.29, 0.717) is 34.9 Å². The van der Waals surface area contributed by atoms with Gasteiger partial charge < -0.3 is 20.9 Å². The number of amides is 2. The van der Waals surface area contributed by atoms with Gasteiger partial charge >= 0.3 is 0 Å². The van der Waals surface area contributed by atoms with Gasteiger partial charge in [0.25, 0.3) is 0 Å². The second kappa shape index (κ2) is 11.2. The number of carbonyl (C=O) groups excluding carboxylic acids is 2. The van der Waals surface area contributed by atoms with Crippen LogP contribution in [0.2, 0.25) is 5.02 Å². The van der Waals surface area contributed by atoms with Crippen molar-refractivity contribution >= 4 is 57.9 Å². The van der Waals surface area contributed by atoms with Crippen LogP contribution in [0.1, 0.15) is 19.4 Å². The number of nitrogens with one attached hydrogen (secondary N) is 3. The van der Waals surface area contributed by atoms with Crippen LogP contribution in [0.25, 0.3) is 0 Å². The van der Waals surface area contributed by atoms with Crippen LogP contribution in [0.15, 0.2) is 61.3 Å². The molecular weight excluding hydrogens is 459 g/mol. The zero-order valence-corrected chi connectivity index (χ0v) is 19.5. The molecule has 0 unspecified atom stereocenters. The highest BCUT2D eigenvalue weighted by Crippen LogP contribution is 2.30. The second-order valence-corrected chi connectivity index (χ2v) is 7.52. The first-order valence-corrected chi connectivity index (χ1v) is 10.8. The third-order valence-electron chi connectivity index (χ3n) is 4.85. The lowest BCUT2D eigenvalue weighted by atomic mass is 10.1. The van der Waals surface area contributed by atoms with Crippen molar-refractivity contribution in [2.75, 3.05) is 27.4 Å². The van der Waals surface area contributed by atoms with E-state index in [-0.39, 0.29) is 28.6 Å². The van der Waals surface area contributed by atoms with E-state index in [1.165, 1.54) is 19.2 Å². The van der Waals surface area contributed by atoms with Crippen LogP contribution in [-0.2, 0) is 16.3 Å². The summed E-state index contributed by atoms with van der Waals surface area (Å²) in [5.74, 6) is -0.0270. The lowest BCUT2D eigenvalue weighted by Crippen LogP contribution is -2.27. The van der Waals surface area contributed by atoms with Crippen LogP contribution in [0.4, 0.5) is 38.9 Å². The summed E-state index contributed by atoms with van der Waals surface area (Å²) >= 11 is 6.28. The maximum atomic E-state index is 13.8. The molecule has 3 rings (SSSR count). The Bertz CT molecular complexity index is 1220. The smallest absolute Gasteiger partial charge is 0.247 e. The summed E-state index contributed by atoms with van der Waals surface area (Å²) in [7, 11) is 0. The fourth-order valence-electron chi connectivity index (χ4n) is 3.22. The summed E-state index contributed by atoms with van der Waals surface area (Å²) in [4.78, 5) is 33.7. The normalized spacial score (nSPS) is 10.4. The fraction of sp³-hybridized carbons (Fsp3) is 0.167. The summed E-state index contributed by atoms with van der Waals surface area (Å²) in [6.45, 7) is 6.48. The molecule has 8 nitrogen and oxygen atoms in total. The number of nitrogens with zero attached hydrogens (tertiary/aromatic N) is 3. The third-order valence-corrected chi connectivity index (χ3v) is 5.13. The number of anilines is 6. The molecular formula is C24H24ClFN6O2. The summed E-state index contributed by atoms with van der Waals surface area (Å²) in [6.07, 6.45) is 2.57. The number of aromatic nitrogens is 2. The third kappa shape index (κ3) is 5.87. The highest BCUT2D eigenvalue weighted by molar-refractivity contribution is 6.33. The van der Waals surface area contributed by atoms with Gasteiger partial charge in [-0.2, -0.15) is 4.98 Å². The molecule has 0 aliphatic rings. The molecule has 1 aromatic heterocycles. The van der Waals surface area contributed by atoms with Crippen molar-refractivity contribution in [2.45, 2.75) is 20.5 Å². The van der Waals surface area contributed by atoms with Gasteiger partial charge in [0.2, 0.25) is 17.8 Å². The predicted octanol–water partition coefficient (Wildman–Crippen LogP) is 5.58. The first-order valence-electron chi connectivity index (χ1n) is 10.4. The molecule has 1 heterocycles. The van der Waals surface area contributed by atoms with Crippen LogP contribution in [0.3, 0.4) is 0 Å². The first-order chi connectivity index (χ1) is 16.4. The Morgan fingerprint density at radius 3 is 2.53 bits per heavy atom. The lowest BCUT2D eigenvalue weighted by molar-refractivity contribution is -0.116. The van der Waals surface area contributed by atoms with E-state index < -0.39 is 6.67 Å². The van der Waals surface area contributed by atoms with Gasteiger partial charge in [0, 0.05) is 30.4 Å². The maximum Gasteiger partial charge on any atom is 0.247 e. The average Bonchev–Trinajstić information content (AvgIpc) is 2.83. The Balaban J connectivity index is 1.87. The van der Waals surface area contributed by atoms with Crippen molar-refractivity contribution in [3.8, 4) is 0 Å². The van der Waals surface area contributed by atoms with Crippen molar-refractivity contribution in [2.24, 2.45) is 0 Å². The highest BCUT2D eigenvalue weighted by Gasteiger charge is 2.14. The molecule has 0 radical (unpaired) electrons. The zero-order chi connectivity index (χ0) is 24.7. The number of benzene rings is 2. The van der Waals surface area contributed by atoms with Gasteiger partial charge in [-0.15, -0.1) is 0 Å². The molecule has 0 aliphatic carbocycles. The van der Waals surface area contributed by atoms with Crippen LogP contribution < -0.4 is 20.9 Å². The van der Waals surface area contributed by atoms with Crippen molar-refractivity contribution in [3.05, 3.63) is 71.9 Å². The molecule has 3 aromatic rings. The monoisotopic (exact) mass is 482 g/mol. The number of para-hydroxylation sites is 2. The number of hydrogen-bond donors (Lipinski definition) is 3. The SMILES string of the molecule is C=CC(=O)Nc1ccccc1Nc1nc(Nc2ccc(N(CC)C(C)=O)cc2CF)ncc1Cl. The Hall–Kier alpha value is -3.98. The highest BCUT2D eigenvalue weighted by atomic mass is 35.5. The average molecular weight is 483 g/mol. The van der Waals surface area contributed by atoms with Gasteiger partial charge in [0.05, 0.1) is 17.6 Å². The van der Waals surface area contributed by atoms with Crippen molar-refractivity contribution in [3.63, 3.8) is 0 Å². The molecule has 0 spiro atoms.